The maximum absolute atomic E-state index is 12.9. The third-order valence-corrected chi connectivity index (χ3v) is 4.71. The Morgan fingerprint density at radius 1 is 0.963 bits per heavy atom. The van der Waals surface area contributed by atoms with Crippen LogP contribution in [0.25, 0.3) is 0 Å². The second kappa shape index (κ2) is 7.54. The molecule has 0 spiro atoms. The maximum atomic E-state index is 12.9. The minimum atomic E-state index is -0.306. The van der Waals surface area contributed by atoms with Crippen LogP contribution in [0.3, 0.4) is 0 Å². The molecule has 0 aliphatic carbocycles. The fourth-order valence-corrected chi connectivity index (χ4v) is 3.18. The third-order valence-electron chi connectivity index (χ3n) is 4.71. The Morgan fingerprint density at radius 2 is 1.70 bits per heavy atom. The van der Waals surface area contributed by atoms with Gasteiger partial charge in [0.25, 0.3) is 0 Å². The van der Waals surface area contributed by atoms with Crippen molar-refractivity contribution in [3.63, 3.8) is 0 Å². The first-order valence-corrected chi connectivity index (χ1v) is 8.86. The largest absolute Gasteiger partial charge is 0.497 e. The lowest BCUT2D eigenvalue weighted by molar-refractivity contribution is 0.0896. The Hall–Kier alpha value is -3.27. The van der Waals surface area contributed by atoms with E-state index in [4.69, 9.17) is 14.2 Å². The van der Waals surface area contributed by atoms with Gasteiger partial charge in [-0.2, -0.15) is 0 Å². The van der Waals surface area contributed by atoms with Gasteiger partial charge in [0.15, 0.2) is 5.78 Å². The van der Waals surface area contributed by atoms with Gasteiger partial charge in [0.05, 0.1) is 18.6 Å². The summed E-state index contributed by atoms with van der Waals surface area (Å²) in [6, 6.07) is 22.9. The SMILES string of the molecule is COc1ccc(C2COc3cc(OCc4ccccc4)ccc3C2=O)cc1. The molecule has 1 atom stereocenters. The average molecular weight is 360 g/mol. The monoisotopic (exact) mass is 360 g/mol. The molecule has 0 radical (unpaired) electrons. The van der Waals surface area contributed by atoms with Crippen molar-refractivity contribution in [1.29, 1.82) is 0 Å². The molecule has 4 rings (SSSR count). The van der Waals surface area contributed by atoms with Gasteiger partial charge in [0.1, 0.15) is 30.5 Å². The van der Waals surface area contributed by atoms with Gasteiger partial charge in [-0.15, -0.1) is 0 Å². The number of carbonyl (C=O) groups is 1. The molecular formula is C23H20O4. The Balaban J connectivity index is 1.49. The van der Waals surface area contributed by atoms with Gasteiger partial charge in [-0.05, 0) is 35.4 Å². The number of Topliss-reactive ketones (excluding diaryl/α,β-unsaturated/α-hetero) is 1. The summed E-state index contributed by atoms with van der Waals surface area (Å²) in [7, 11) is 1.62. The Bertz CT molecular complexity index is 932. The number of ketones is 1. The number of ether oxygens (including phenoxy) is 3. The molecular weight excluding hydrogens is 340 g/mol. The van der Waals surface area contributed by atoms with Gasteiger partial charge >= 0.3 is 0 Å². The van der Waals surface area contributed by atoms with Crippen molar-refractivity contribution in [2.75, 3.05) is 13.7 Å². The van der Waals surface area contributed by atoms with Crippen LogP contribution >= 0.6 is 0 Å². The van der Waals surface area contributed by atoms with Gasteiger partial charge in [-0.3, -0.25) is 4.79 Å². The van der Waals surface area contributed by atoms with Crippen molar-refractivity contribution >= 4 is 5.78 Å². The van der Waals surface area contributed by atoms with E-state index in [0.717, 1.165) is 16.9 Å². The number of benzene rings is 3. The topological polar surface area (TPSA) is 44.8 Å². The second-order valence-corrected chi connectivity index (χ2v) is 6.43. The molecule has 1 heterocycles. The summed E-state index contributed by atoms with van der Waals surface area (Å²) in [5.41, 5.74) is 2.61. The highest BCUT2D eigenvalue weighted by molar-refractivity contribution is 6.04. The molecule has 1 aliphatic rings. The zero-order valence-electron chi connectivity index (χ0n) is 15.1. The summed E-state index contributed by atoms with van der Waals surface area (Å²) in [5.74, 6) is 1.79. The van der Waals surface area contributed by atoms with Crippen molar-refractivity contribution in [3.05, 3.63) is 89.5 Å². The van der Waals surface area contributed by atoms with Crippen LogP contribution in [0.4, 0.5) is 0 Å². The quantitative estimate of drug-likeness (QED) is 0.665. The van der Waals surface area contributed by atoms with E-state index in [9.17, 15) is 4.79 Å². The van der Waals surface area contributed by atoms with Gasteiger partial charge in [-0.25, -0.2) is 0 Å². The van der Waals surface area contributed by atoms with Crippen LogP contribution in [0.1, 0.15) is 27.4 Å². The molecule has 27 heavy (non-hydrogen) atoms. The van der Waals surface area contributed by atoms with Gasteiger partial charge in [-0.1, -0.05) is 42.5 Å². The molecule has 4 heteroatoms. The summed E-state index contributed by atoms with van der Waals surface area (Å²) in [4.78, 5) is 12.9. The predicted molar refractivity (Wildman–Crippen MR) is 103 cm³/mol. The molecule has 0 bridgehead atoms. The van der Waals surface area contributed by atoms with Crippen LogP contribution in [0.15, 0.2) is 72.8 Å². The summed E-state index contributed by atoms with van der Waals surface area (Å²) >= 11 is 0. The fraction of sp³-hybridized carbons (Fsp3) is 0.174. The lowest BCUT2D eigenvalue weighted by atomic mass is 9.89. The molecule has 0 amide bonds. The summed E-state index contributed by atoms with van der Waals surface area (Å²) in [5, 5.41) is 0. The molecule has 3 aromatic rings. The normalized spacial score (nSPS) is 15.6. The van der Waals surface area contributed by atoms with Crippen molar-refractivity contribution < 1.29 is 19.0 Å². The lowest BCUT2D eigenvalue weighted by Crippen LogP contribution is -2.26. The van der Waals surface area contributed by atoms with Gasteiger partial charge < -0.3 is 14.2 Å². The highest BCUT2D eigenvalue weighted by Crippen LogP contribution is 2.35. The molecule has 3 aromatic carbocycles. The Morgan fingerprint density at radius 3 is 2.44 bits per heavy atom. The van der Waals surface area contributed by atoms with Crippen LogP contribution in [0.5, 0.6) is 17.2 Å². The van der Waals surface area contributed by atoms with E-state index in [-0.39, 0.29) is 11.7 Å². The van der Waals surface area contributed by atoms with Crippen molar-refractivity contribution in [2.45, 2.75) is 12.5 Å². The Kier molecular flexibility index (Phi) is 4.79. The number of rotatable bonds is 5. The van der Waals surface area contributed by atoms with E-state index in [1.165, 1.54) is 0 Å². The smallest absolute Gasteiger partial charge is 0.177 e. The van der Waals surface area contributed by atoms with Crippen LogP contribution in [0, 0.1) is 0 Å². The predicted octanol–water partition coefficient (Wildman–Crippen LogP) is 4.63. The van der Waals surface area contributed by atoms with E-state index in [1.807, 2.05) is 60.7 Å². The first-order valence-electron chi connectivity index (χ1n) is 8.86. The fourth-order valence-electron chi connectivity index (χ4n) is 3.18. The van der Waals surface area contributed by atoms with Gasteiger partial charge in [0.2, 0.25) is 0 Å². The summed E-state index contributed by atoms with van der Waals surface area (Å²) in [6.45, 7) is 0.794. The van der Waals surface area contributed by atoms with E-state index >= 15 is 0 Å². The number of fused-ring (bicyclic) bond motifs is 1. The number of hydrogen-bond acceptors (Lipinski definition) is 4. The molecule has 0 saturated carbocycles. The third kappa shape index (κ3) is 3.65. The van der Waals surface area contributed by atoms with Gasteiger partial charge in [0, 0.05) is 6.07 Å². The molecule has 1 unspecified atom stereocenters. The Labute approximate surface area is 158 Å². The molecule has 4 nitrogen and oxygen atoms in total. The van der Waals surface area contributed by atoms with Crippen molar-refractivity contribution in [3.8, 4) is 17.2 Å². The molecule has 0 aromatic heterocycles. The minimum Gasteiger partial charge on any atom is -0.497 e. The van der Waals surface area contributed by atoms with Crippen LogP contribution < -0.4 is 14.2 Å². The lowest BCUT2D eigenvalue weighted by Gasteiger charge is -2.25. The maximum Gasteiger partial charge on any atom is 0.177 e. The summed E-state index contributed by atoms with van der Waals surface area (Å²) in [6.07, 6.45) is 0. The second-order valence-electron chi connectivity index (χ2n) is 6.43. The van der Waals surface area contributed by atoms with Crippen molar-refractivity contribution in [1.82, 2.24) is 0 Å². The van der Waals surface area contributed by atoms with E-state index in [0.29, 0.717) is 30.3 Å². The number of carbonyl (C=O) groups excluding carboxylic acids is 1. The van der Waals surface area contributed by atoms with E-state index in [1.54, 1.807) is 19.2 Å². The summed E-state index contributed by atoms with van der Waals surface area (Å²) < 4.78 is 16.9. The van der Waals surface area contributed by atoms with E-state index < -0.39 is 0 Å². The molecule has 0 saturated heterocycles. The molecule has 136 valence electrons. The van der Waals surface area contributed by atoms with Crippen LogP contribution in [-0.2, 0) is 6.61 Å². The van der Waals surface area contributed by atoms with E-state index in [2.05, 4.69) is 0 Å². The first-order chi connectivity index (χ1) is 13.2. The molecule has 0 N–H and O–H groups in total. The highest BCUT2D eigenvalue weighted by atomic mass is 16.5. The van der Waals surface area contributed by atoms with Crippen LogP contribution in [-0.4, -0.2) is 19.5 Å². The standard InChI is InChI=1S/C23H20O4/c1-25-18-9-7-17(8-10-18)21-15-27-22-13-19(11-12-20(22)23(21)24)26-14-16-5-3-2-4-6-16/h2-13,21H,14-15H2,1H3. The number of methoxy groups -OCH3 is 1. The number of hydrogen-bond donors (Lipinski definition) is 0. The minimum absolute atomic E-state index is 0.0658. The van der Waals surface area contributed by atoms with Crippen molar-refractivity contribution in [2.24, 2.45) is 0 Å². The first kappa shape index (κ1) is 17.2. The zero-order chi connectivity index (χ0) is 18.6. The zero-order valence-corrected chi connectivity index (χ0v) is 15.1. The molecule has 1 aliphatic heterocycles. The highest BCUT2D eigenvalue weighted by Gasteiger charge is 2.30. The average Bonchev–Trinajstić information content (AvgIpc) is 2.73. The molecule has 0 fully saturated rings. The van der Waals surface area contributed by atoms with Crippen LogP contribution in [0.2, 0.25) is 0 Å².